The minimum atomic E-state index is -0.0655. The number of rotatable bonds is 3. The number of thioether (sulfide) groups is 1. The third-order valence-corrected chi connectivity index (χ3v) is 4.70. The predicted octanol–water partition coefficient (Wildman–Crippen LogP) is 2.92. The van der Waals surface area contributed by atoms with E-state index in [4.69, 9.17) is 9.15 Å². The van der Waals surface area contributed by atoms with Gasteiger partial charge in [0, 0.05) is 24.2 Å². The number of pyridine rings is 1. The molecule has 1 fully saturated rings. The summed E-state index contributed by atoms with van der Waals surface area (Å²) < 4.78 is 11.0. The van der Waals surface area contributed by atoms with Gasteiger partial charge in [-0.2, -0.15) is 11.8 Å². The lowest BCUT2D eigenvalue weighted by Gasteiger charge is -2.34. The Morgan fingerprint density at radius 3 is 3.05 bits per heavy atom. The minimum Gasteiger partial charge on any atom is -0.480 e. The summed E-state index contributed by atoms with van der Waals surface area (Å²) in [4.78, 5) is 18.9. The van der Waals surface area contributed by atoms with Crippen molar-refractivity contribution in [3.05, 3.63) is 47.5 Å². The molecule has 1 amide bonds. The number of hydrogen-bond donors (Lipinski definition) is 0. The van der Waals surface area contributed by atoms with Gasteiger partial charge in [-0.05, 0) is 31.2 Å². The molecule has 22 heavy (non-hydrogen) atoms. The van der Waals surface area contributed by atoms with Crippen molar-refractivity contribution in [3.63, 3.8) is 0 Å². The fourth-order valence-electron chi connectivity index (χ4n) is 2.59. The zero-order chi connectivity index (χ0) is 15.5. The highest BCUT2D eigenvalue weighted by molar-refractivity contribution is 7.99. The van der Waals surface area contributed by atoms with Crippen LogP contribution < -0.4 is 4.74 Å². The van der Waals surface area contributed by atoms with E-state index in [1.807, 2.05) is 35.7 Å². The van der Waals surface area contributed by atoms with E-state index in [1.54, 1.807) is 18.3 Å². The third kappa shape index (κ3) is 2.83. The molecule has 1 aliphatic heterocycles. The van der Waals surface area contributed by atoms with Gasteiger partial charge in [0.2, 0.25) is 5.88 Å². The highest BCUT2D eigenvalue weighted by Crippen LogP contribution is 2.32. The van der Waals surface area contributed by atoms with Gasteiger partial charge in [0.05, 0.1) is 13.2 Å². The molecular formula is C16H18N2O3S. The van der Waals surface area contributed by atoms with Gasteiger partial charge in [-0.25, -0.2) is 4.98 Å². The van der Waals surface area contributed by atoms with Crippen molar-refractivity contribution < 1.29 is 13.9 Å². The first-order chi connectivity index (χ1) is 10.7. The van der Waals surface area contributed by atoms with Gasteiger partial charge in [-0.3, -0.25) is 4.79 Å². The fourth-order valence-corrected chi connectivity index (χ4v) is 3.65. The number of hydrogen-bond acceptors (Lipinski definition) is 5. The fraction of sp³-hybridized carbons (Fsp3) is 0.375. The number of furan rings is 1. The summed E-state index contributed by atoms with van der Waals surface area (Å²) in [6.45, 7) is 2.60. The van der Waals surface area contributed by atoms with Crippen LogP contribution in [0.2, 0.25) is 0 Å². The molecule has 0 aliphatic carbocycles. The smallest absolute Gasteiger partial charge is 0.260 e. The molecule has 2 aromatic heterocycles. The summed E-state index contributed by atoms with van der Waals surface area (Å²) in [6.07, 6.45) is 1.62. The zero-order valence-electron chi connectivity index (χ0n) is 12.6. The van der Waals surface area contributed by atoms with E-state index >= 15 is 0 Å². The molecule has 116 valence electrons. The SMILES string of the molecule is COc1ncccc1C(=O)N1CCSC[C@@H]1c1ccc(C)o1. The van der Waals surface area contributed by atoms with Crippen molar-refractivity contribution in [1.29, 1.82) is 0 Å². The highest BCUT2D eigenvalue weighted by atomic mass is 32.2. The number of nitrogens with zero attached hydrogens (tertiary/aromatic N) is 2. The second kappa shape index (κ2) is 6.44. The van der Waals surface area contributed by atoms with Crippen molar-refractivity contribution >= 4 is 17.7 Å². The Morgan fingerprint density at radius 2 is 2.32 bits per heavy atom. The monoisotopic (exact) mass is 318 g/mol. The first-order valence-electron chi connectivity index (χ1n) is 7.14. The normalized spacial score (nSPS) is 18.3. The molecule has 1 atom stereocenters. The van der Waals surface area contributed by atoms with Crippen LogP contribution in [0.25, 0.3) is 0 Å². The average Bonchev–Trinajstić information content (AvgIpc) is 3.00. The first kappa shape index (κ1) is 15.0. The van der Waals surface area contributed by atoms with Gasteiger partial charge in [-0.15, -0.1) is 0 Å². The van der Waals surface area contributed by atoms with Crippen molar-refractivity contribution in [2.45, 2.75) is 13.0 Å². The summed E-state index contributed by atoms with van der Waals surface area (Å²) in [5.74, 6) is 3.74. The molecule has 0 unspecified atom stereocenters. The topological polar surface area (TPSA) is 55.6 Å². The van der Waals surface area contributed by atoms with Crippen LogP contribution in [0.3, 0.4) is 0 Å². The molecule has 5 nitrogen and oxygen atoms in total. The Hall–Kier alpha value is -1.95. The van der Waals surface area contributed by atoms with E-state index in [2.05, 4.69) is 4.98 Å². The maximum Gasteiger partial charge on any atom is 0.260 e. The summed E-state index contributed by atoms with van der Waals surface area (Å²) >= 11 is 1.83. The van der Waals surface area contributed by atoms with Gasteiger partial charge in [0.1, 0.15) is 17.1 Å². The Balaban J connectivity index is 1.91. The number of carbonyl (C=O) groups excluding carboxylic acids is 1. The number of aryl methyl sites for hydroxylation is 1. The standard InChI is InChI=1S/C16H18N2O3S/c1-11-5-6-14(21-11)13-10-22-9-8-18(13)16(19)12-4-3-7-17-15(12)20-2/h3-7,13H,8-10H2,1-2H3/t13-/m1/s1. The summed E-state index contributed by atoms with van der Waals surface area (Å²) in [6, 6.07) is 7.33. The van der Waals surface area contributed by atoms with Gasteiger partial charge in [-0.1, -0.05) is 0 Å². The van der Waals surface area contributed by atoms with Crippen LogP contribution in [-0.2, 0) is 0 Å². The number of carbonyl (C=O) groups is 1. The van der Waals surface area contributed by atoms with E-state index in [-0.39, 0.29) is 11.9 Å². The van der Waals surface area contributed by atoms with Crippen LogP contribution in [0.1, 0.15) is 27.9 Å². The molecule has 6 heteroatoms. The van der Waals surface area contributed by atoms with Crippen molar-refractivity contribution in [2.75, 3.05) is 25.2 Å². The molecule has 2 aromatic rings. The second-order valence-electron chi connectivity index (χ2n) is 5.10. The molecule has 0 spiro atoms. The average molecular weight is 318 g/mol. The van der Waals surface area contributed by atoms with E-state index < -0.39 is 0 Å². The van der Waals surface area contributed by atoms with E-state index in [1.165, 1.54) is 7.11 Å². The highest BCUT2D eigenvalue weighted by Gasteiger charge is 2.32. The molecular weight excluding hydrogens is 300 g/mol. The van der Waals surface area contributed by atoms with E-state index in [0.717, 1.165) is 23.0 Å². The zero-order valence-corrected chi connectivity index (χ0v) is 13.4. The number of ether oxygens (including phenoxy) is 1. The number of amides is 1. The molecule has 0 bridgehead atoms. The minimum absolute atomic E-state index is 0.0511. The van der Waals surface area contributed by atoms with Gasteiger partial charge in [0.15, 0.2) is 0 Å². The summed E-state index contributed by atoms with van der Waals surface area (Å²) in [7, 11) is 1.53. The Kier molecular flexibility index (Phi) is 4.38. The van der Waals surface area contributed by atoms with E-state index in [0.29, 0.717) is 18.0 Å². The van der Waals surface area contributed by atoms with Crippen LogP contribution in [-0.4, -0.2) is 41.0 Å². The maximum absolute atomic E-state index is 12.9. The van der Waals surface area contributed by atoms with Crippen LogP contribution in [0.4, 0.5) is 0 Å². The molecule has 3 rings (SSSR count). The molecule has 1 saturated heterocycles. The Labute approximate surface area is 133 Å². The van der Waals surface area contributed by atoms with Gasteiger partial charge >= 0.3 is 0 Å². The summed E-state index contributed by atoms with van der Waals surface area (Å²) in [5, 5.41) is 0. The lowest BCUT2D eigenvalue weighted by Crippen LogP contribution is -2.40. The number of methoxy groups -OCH3 is 1. The van der Waals surface area contributed by atoms with Crippen LogP contribution in [0.15, 0.2) is 34.9 Å². The lowest BCUT2D eigenvalue weighted by molar-refractivity contribution is 0.0677. The van der Waals surface area contributed by atoms with Crippen LogP contribution >= 0.6 is 11.8 Å². The Morgan fingerprint density at radius 1 is 1.45 bits per heavy atom. The van der Waals surface area contributed by atoms with Crippen LogP contribution in [0.5, 0.6) is 5.88 Å². The number of aromatic nitrogens is 1. The first-order valence-corrected chi connectivity index (χ1v) is 8.30. The molecule has 0 saturated carbocycles. The van der Waals surface area contributed by atoms with Gasteiger partial charge < -0.3 is 14.1 Å². The van der Waals surface area contributed by atoms with Crippen molar-refractivity contribution in [3.8, 4) is 5.88 Å². The predicted molar refractivity (Wildman–Crippen MR) is 85.3 cm³/mol. The van der Waals surface area contributed by atoms with Gasteiger partial charge in [0.25, 0.3) is 5.91 Å². The molecule has 3 heterocycles. The molecule has 1 aliphatic rings. The largest absolute Gasteiger partial charge is 0.480 e. The maximum atomic E-state index is 12.9. The van der Waals surface area contributed by atoms with Crippen molar-refractivity contribution in [2.24, 2.45) is 0 Å². The van der Waals surface area contributed by atoms with Crippen LogP contribution in [0, 0.1) is 6.92 Å². The second-order valence-corrected chi connectivity index (χ2v) is 6.25. The Bertz CT molecular complexity index is 671. The lowest BCUT2D eigenvalue weighted by atomic mass is 10.1. The van der Waals surface area contributed by atoms with Crippen molar-refractivity contribution in [1.82, 2.24) is 9.88 Å². The molecule has 0 N–H and O–H groups in total. The summed E-state index contributed by atoms with van der Waals surface area (Å²) in [5.41, 5.74) is 0.491. The quantitative estimate of drug-likeness (QED) is 0.871. The molecule has 0 radical (unpaired) electrons. The molecule has 0 aromatic carbocycles. The van der Waals surface area contributed by atoms with E-state index in [9.17, 15) is 4.79 Å². The third-order valence-electron chi connectivity index (χ3n) is 3.67.